The number of nitrogens with zero attached hydrogens (tertiary/aromatic N) is 1. The van der Waals surface area contributed by atoms with E-state index in [0.29, 0.717) is 35.7 Å². The first kappa shape index (κ1) is 19.0. The maximum atomic E-state index is 13.0. The molecule has 6 heteroatoms. The van der Waals surface area contributed by atoms with Crippen LogP contribution in [0.25, 0.3) is 11.3 Å². The topological polar surface area (TPSA) is 96.3 Å². The zero-order chi connectivity index (χ0) is 20.8. The summed E-state index contributed by atoms with van der Waals surface area (Å²) in [5.74, 6) is 0.656. The average Bonchev–Trinajstić information content (AvgIpc) is 3.15. The first-order valence-electron chi connectivity index (χ1n) is 9.49. The molecule has 0 saturated heterocycles. The van der Waals surface area contributed by atoms with Gasteiger partial charge >= 0.3 is 0 Å². The van der Waals surface area contributed by atoms with Gasteiger partial charge < -0.3 is 13.9 Å². The van der Waals surface area contributed by atoms with Crippen molar-refractivity contribution in [2.45, 2.75) is 32.6 Å². The number of carbonyl (C=O) groups excluding carboxylic acids is 1. The van der Waals surface area contributed by atoms with Gasteiger partial charge in [-0.05, 0) is 41.8 Å². The molecular weight excluding hydrogens is 368 g/mol. The van der Waals surface area contributed by atoms with Crippen molar-refractivity contribution in [2.75, 3.05) is 7.11 Å². The molecule has 1 aliphatic heterocycles. The van der Waals surface area contributed by atoms with Crippen LogP contribution in [0.4, 0.5) is 0 Å². The first-order chi connectivity index (χ1) is 13.8. The third kappa shape index (κ3) is 3.33. The minimum atomic E-state index is -0.895. The van der Waals surface area contributed by atoms with E-state index in [2.05, 4.69) is 6.07 Å². The highest BCUT2D eigenvalue weighted by atomic mass is 16.5. The summed E-state index contributed by atoms with van der Waals surface area (Å²) in [4.78, 5) is 13.0. The van der Waals surface area contributed by atoms with E-state index in [1.807, 2.05) is 44.2 Å². The standard InChI is InChI=1S/C23H22N2O4/c1-23(2)10-16(26)21-19(11-23)29-22(25)15(12-24)20(21)18-9-8-17(28-18)13-4-6-14(27-3)7-5-13/h4-9,15,20,25H,10-11H2,1-3H3. The van der Waals surface area contributed by atoms with E-state index in [1.54, 1.807) is 13.2 Å². The van der Waals surface area contributed by atoms with Crippen molar-refractivity contribution < 1.29 is 18.7 Å². The molecule has 0 radical (unpaired) electrons. The lowest BCUT2D eigenvalue weighted by Crippen LogP contribution is -2.38. The highest BCUT2D eigenvalue weighted by Crippen LogP contribution is 2.48. The summed E-state index contributed by atoms with van der Waals surface area (Å²) in [6.45, 7) is 4.00. The highest BCUT2D eigenvalue weighted by molar-refractivity contribution is 6.01. The molecule has 2 heterocycles. The summed E-state index contributed by atoms with van der Waals surface area (Å²) in [5.41, 5.74) is 1.10. The van der Waals surface area contributed by atoms with E-state index >= 15 is 0 Å². The molecule has 0 saturated carbocycles. The number of ether oxygens (including phenoxy) is 2. The van der Waals surface area contributed by atoms with Gasteiger partial charge in [-0.25, -0.2) is 0 Å². The Morgan fingerprint density at radius 1 is 1.17 bits per heavy atom. The summed E-state index contributed by atoms with van der Waals surface area (Å²) < 4.78 is 16.9. The lowest BCUT2D eigenvalue weighted by atomic mass is 9.69. The molecular formula is C23H22N2O4. The lowest BCUT2D eigenvalue weighted by molar-refractivity contribution is -0.119. The van der Waals surface area contributed by atoms with E-state index < -0.39 is 11.8 Å². The van der Waals surface area contributed by atoms with Crippen molar-refractivity contribution in [1.82, 2.24) is 0 Å². The van der Waals surface area contributed by atoms with Gasteiger partial charge in [0, 0.05) is 24.0 Å². The van der Waals surface area contributed by atoms with Crippen LogP contribution in [-0.2, 0) is 9.53 Å². The van der Waals surface area contributed by atoms with Gasteiger partial charge in [0.1, 0.15) is 28.9 Å². The molecule has 0 fully saturated rings. The number of methoxy groups -OCH3 is 1. The Morgan fingerprint density at radius 2 is 1.90 bits per heavy atom. The zero-order valence-electron chi connectivity index (χ0n) is 16.6. The summed E-state index contributed by atoms with van der Waals surface area (Å²) in [5, 5.41) is 17.9. The normalized spacial score (nSPS) is 23.2. The van der Waals surface area contributed by atoms with Gasteiger partial charge in [0.2, 0.25) is 5.90 Å². The van der Waals surface area contributed by atoms with Gasteiger partial charge in [-0.3, -0.25) is 10.2 Å². The first-order valence-corrected chi connectivity index (χ1v) is 9.49. The predicted molar refractivity (Wildman–Crippen MR) is 106 cm³/mol. The molecule has 6 nitrogen and oxygen atoms in total. The Bertz CT molecular complexity index is 1050. The zero-order valence-corrected chi connectivity index (χ0v) is 16.6. The van der Waals surface area contributed by atoms with Crippen molar-refractivity contribution in [3.63, 3.8) is 0 Å². The number of nitrogens with one attached hydrogen (secondary N) is 1. The van der Waals surface area contributed by atoms with E-state index in [9.17, 15) is 10.1 Å². The molecule has 148 valence electrons. The molecule has 2 aliphatic rings. The molecule has 1 aliphatic carbocycles. The Kier molecular flexibility index (Phi) is 4.54. The SMILES string of the molecule is COc1ccc(-c2ccc(C3C4=C(CC(C)(C)CC4=O)OC(=N)C3C#N)o2)cc1. The van der Waals surface area contributed by atoms with E-state index in [4.69, 9.17) is 19.3 Å². The third-order valence-electron chi connectivity index (χ3n) is 5.49. The van der Waals surface area contributed by atoms with Crippen LogP contribution in [0.1, 0.15) is 38.4 Å². The fourth-order valence-electron chi connectivity index (χ4n) is 4.10. The molecule has 4 rings (SSSR count). The van der Waals surface area contributed by atoms with Gasteiger partial charge in [-0.15, -0.1) is 0 Å². The van der Waals surface area contributed by atoms with Crippen molar-refractivity contribution in [2.24, 2.45) is 11.3 Å². The molecule has 0 amide bonds. The Labute approximate surface area is 169 Å². The number of benzene rings is 1. The number of hydrogen-bond donors (Lipinski definition) is 1. The number of rotatable bonds is 3. The minimum absolute atomic E-state index is 0.0450. The molecule has 0 bridgehead atoms. The van der Waals surface area contributed by atoms with Crippen molar-refractivity contribution >= 4 is 11.7 Å². The molecule has 1 aromatic heterocycles. The number of nitriles is 1. The summed E-state index contributed by atoms with van der Waals surface area (Å²) in [7, 11) is 1.61. The monoisotopic (exact) mass is 390 g/mol. The lowest BCUT2D eigenvalue weighted by Gasteiger charge is -2.38. The smallest absolute Gasteiger partial charge is 0.205 e. The molecule has 2 aromatic rings. The minimum Gasteiger partial charge on any atom is -0.497 e. The van der Waals surface area contributed by atoms with Crippen LogP contribution < -0.4 is 4.74 Å². The van der Waals surface area contributed by atoms with Gasteiger partial charge in [0.15, 0.2) is 5.78 Å². The van der Waals surface area contributed by atoms with E-state index in [1.165, 1.54) is 0 Å². The maximum absolute atomic E-state index is 13.0. The largest absolute Gasteiger partial charge is 0.497 e. The van der Waals surface area contributed by atoms with Gasteiger partial charge in [0.25, 0.3) is 0 Å². The van der Waals surface area contributed by atoms with Crippen molar-refractivity contribution in [3.8, 4) is 23.1 Å². The summed E-state index contributed by atoms with van der Waals surface area (Å²) in [6.07, 6.45) is 0.931. The summed E-state index contributed by atoms with van der Waals surface area (Å²) >= 11 is 0. The highest BCUT2D eigenvalue weighted by Gasteiger charge is 2.47. The van der Waals surface area contributed by atoms with Crippen LogP contribution in [0.3, 0.4) is 0 Å². The van der Waals surface area contributed by atoms with Crippen LogP contribution in [0.5, 0.6) is 5.75 Å². The average molecular weight is 390 g/mol. The van der Waals surface area contributed by atoms with Gasteiger partial charge in [-0.2, -0.15) is 5.26 Å². The van der Waals surface area contributed by atoms with Gasteiger partial charge in [-0.1, -0.05) is 13.8 Å². The molecule has 29 heavy (non-hydrogen) atoms. The second-order valence-corrected chi connectivity index (χ2v) is 8.26. The fraction of sp³-hybridized carbons (Fsp3) is 0.348. The third-order valence-corrected chi connectivity index (χ3v) is 5.49. The number of allylic oxidation sites excluding steroid dienone is 2. The van der Waals surface area contributed by atoms with Crippen LogP contribution in [-0.4, -0.2) is 18.8 Å². The van der Waals surface area contributed by atoms with E-state index in [0.717, 1.165) is 11.3 Å². The van der Waals surface area contributed by atoms with Crippen LogP contribution >= 0.6 is 0 Å². The number of ketones is 1. The van der Waals surface area contributed by atoms with Gasteiger partial charge in [0.05, 0.1) is 19.1 Å². The second-order valence-electron chi connectivity index (χ2n) is 8.26. The molecule has 2 atom stereocenters. The number of hydrogen-bond acceptors (Lipinski definition) is 6. The Balaban J connectivity index is 1.77. The second kappa shape index (κ2) is 6.93. The fourth-order valence-corrected chi connectivity index (χ4v) is 4.10. The molecule has 1 aromatic carbocycles. The van der Waals surface area contributed by atoms with Crippen LogP contribution in [0.2, 0.25) is 0 Å². The molecule has 0 spiro atoms. The van der Waals surface area contributed by atoms with Crippen LogP contribution in [0, 0.1) is 28.1 Å². The Morgan fingerprint density at radius 3 is 2.55 bits per heavy atom. The predicted octanol–water partition coefficient (Wildman–Crippen LogP) is 4.83. The van der Waals surface area contributed by atoms with Crippen LogP contribution in [0.15, 0.2) is 52.1 Å². The molecule has 1 N–H and O–H groups in total. The number of furan rings is 1. The quantitative estimate of drug-likeness (QED) is 0.810. The van der Waals surface area contributed by atoms with Crippen molar-refractivity contribution in [3.05, 3.63) is 53.5 Å². The number of carbonyl (C=O) groups is 1. The summed E-state index contributed by atoms with van der Waals surface area (Å²) in [6, 6.07) is 13.2. The van der Waals surface area contributed by atoms with Crippen molar-refractivity contribution in [1.29, 1.82) is 10.7 Å². The van der Waals surface area contributed by atoms with E-state index in [-0.39, 0.29) is 17.1 Å². The number of Topliss-reactive ketones (excluding diaryl/α,β-unsaturated/α-hetero) is 1. The molecule has 2 unspecified atom stereocenters. The maximum Gasteiger partial charge on any atom is 0.205 e. The Hall–Kier alpha value is -3.33.